The summed E-state index contributed by atoms with van der Waals surface area (Å²) in [5.74, 6) is -0.817. The number of hydrogen-bond donors (Lipinski definition) is 3. The molecule has 0 unspecified atom stereocenters. The van der Waals surface area contributed by atoms with Crippen LogP contribution >= 0.6 is 11.3 Å². The number of carbonyl (C=O) groups is 2. The maximum atomic E-state index is 11.2. The van der Waals surface area contributed by atoms with Gasteiger partial charge in [-0.25, -0.2) is 4.98 Å². The minimum absolute atomic E-state index is 0.219. The SMILES string of the molecule is CC(=O)Nc1ccnc2sc(C(N)=O)c(N)c12. The molecule has 2 amide bonds. The molecule has 5 N–H and O–H groups in total. The van der Waals surface area contributed by atoms with Crippen molar-refractivity contribution in [2.45, 2.75) is 6.92 Å². The molecule has 0 aromatic carbocycles. The Morgan fingerprint density at radius 1 is 1.47 bits per heavy atom. The molecule has 0 aliphatic heterocycles. The Labute approximate surface area is 101 Å². The summed E-state index contributed by atoms with van der Waals surface area (Å²) < 4.78 is 0. The molecule has 0 aliphatic carbocycles. The highest BCUT2D eigenvalue weighted by atomic mass is 32.1. The Balaban J connectivity index is 2.70. The largest absolute Gasteiger partial charge is 0.397 e. The number of aromatic nitrogens is 1. The van der Waals surface area contributed by atoms with Crippen molar-refractivity contribution in [1.29, 1.82) is 0 Å². The molecule has 0 fully saturated rings. The van der Waals surface area contributed by atoms with E-state index in [1.807, 2.05) is 0 Å². The van der Waals surface area contributed by atoms with E-state index in [0.717, 1.165) is 11.3 Å². The predicted molar refractivity (Wildman–Crippen MR) is 66.9 cm³/mol. The average molecular weight is 250 g/mol. The third kappa shape index (κ3) is 1.92. The van der Waals surface area contributed by atoms with Crippen LogP contribution in [0.25, 0.3) is 10.2 Å². The van der Waals surface area contributed by atoms with Crippen LogP contribution in [0.3, 0.4) is 0 Å². The van der Waals surface area contributed by atoms with Crippen molar-refractivity contribution >= 4 is 44.7 Å². The third-order valence-electron chi connectivity index (χ3n) is 2.16. The van der Waals surface area contributed by atoms with Crippen LogP contribution in [-0.2, 0) is 4.79 Å². The highest BCUT2D eigenvalue weighted by molar-refractivity contribution is 7.21. The smallest absolute Gasteiger partial charge is 0.260 e. The van der Waals surface area contributed by atoms with Crippen molar-refractivity contribution < 1.29 is 9.59 Å². The molecule has 0 saturated heterocycles. The lowest BCUT2D eigenvalue weighted by Gasteiger charge is -2.03. The fourth-order valence-corrected chi connectivity index (χ4v) is 2.46. The van der Waals surface area contributed by atoms with Crippen LogP contribution in [-0.4, -0.2) is 16.8 Å². The molecule has 0 atom stereocenters. The zero-order chi connectivity index (χ0) is 12.6. The average Bonchev–Trinajstić information content (AvgIpc) is 2.56. The van der Waals surface area contributed by atoms with Gasteiger partial charge in [-0.3, -0.25) is 9.59 Å². The number of nitrogen functional groups attached to an aromatic ring is 1. The molecule has 0 bridgehead atoms. The predicted octanol–water partition coefficient (Wildman–Crippen LogP) is 0.936. The number of hydrogen-bond acceptors (Lipinski definition) is 5. The van der Waals surface area contributed by atoms with E-state index in [0.29, 0.717) is 15.9 Å². The lowest BCUT2D eigenvalue weighted by molar-refractivity contribution is -0.114. The van der Waals surface area contributed by atoms with Crippen LogP contribution in [0.1, 0.15) is 16.6 Å². The highest BCUT2D eigenvalue weighted by Crippen LogP contribution is 2.36. The molecule has 2 aromatic rings. The standard InChI is InChI=1S/C10H10N4O2S/c1-4(15)14-5-2-3-13-10-6(5)7(11)8(17-10)9(12)16/h2-3H,11H2,1H3,(H2,12,16)(H,13,14,15). The van der Waals surface area contributed by atoms with Gasteiger partial charge in [-0.05, 0) is 6.07 Å². The first-order chi connectivity index (χ1) is 8.00. The number of primary amides is 1. The van der Waals surface area contributed by atoms with E-state index in [-0.39, 0.29) is 16.5 Å². The zero-order valence-electron chi connectivity index (χ0n) is 8.98. The number of nitrogens with zero attached hydrogens (tertiary/aromatic N) is 1. The van der Waals surface area contributed by atoms with Crippen molar-refractivity contribution in [3.8, 4) is 0 Å². The topological polar surface area (TPSA) is 111 Å². The minimum atomic E-state index is -0.598. The Morgan fingerprint density at radius 2 is 2.18 bits per heavy atom. The van der Waals surface area contributed by atoms with E-state index >= 15 is 0 Å². The molecule has 0 aliphatic rings. The first kappa shape index (κ1) is 11.3. The summed E-state index contributed by atoms with van der Waals surface area (Å²) in [6, 6.07) is 1.62. The molecule has 88 valence electrons. The molecular weight excluding hydrogens is 240 g/mol. The van der Waals surface area contributed by atoms with E-state index in [1.54, 1.807) is 6.07 Å². The van der Waals surface area contributed by atoms with Crippen molar-refractivity contribution in [3.63, 3.8) is 0 Å². The van der Waals surface area contributed by atoms with Gasteiger partial charge < -0.3 is 16.8 Å². The Bertz CT molecular complexity index is 620. The van der Waals surface area contributed by atoms with Gasteiger partial charge in [-0.2, -0.15) is 0 Å². The van der Waals surface area contributed by atoms with Gasteiger partial charge in [-0.1, -0.05) is 0 Å². The molecular formula is C10H10N4O2S. The second-order valence-electron chi connectivity index (χ2n) is 3.43. The molecule has 17 heavy (non-hydrogen) atoms. The molecule has 7 heteroatoms. The van der Waals surface area contributed by atoms with Crippen LogP contribution in [0.5, 0.6) is 0 Å². The number of carbonyl (C=O) groups excluding carboxylic acids is 2. The summed E-state index contributed by atoms with van der Waals surface area (Å²) in [7, 11) is 0. The summed E-state index contributed by atoms with van der Waals surface area (Å²) in [5, 5.41) is 3.19. The van der Waals surface area contributed by atoms with Gasteiger partial charge in [0.25, 0.3) is 5.91 Å². The first-order valence-electron chi connectivity index (χ1n) is 4.75. The number of thiophene rings is 1. The normalized spacial score (nSPS) is 10.4. The van der Waals surface area contributed by atoms with Gasteiger partial charge in [0.05, 0.1) is 16.8 Å². The summed E-state index contributed by atoms with van der Waals surface area (Å²) >= 11 is 1.11. The minimum Gasteiger partial charge on any atom is -0.397 e. The zero-order valence-corrected chi connectivity index (χ0v) is 9.80. The van der Waals surface area contributed by atoms with Crippen molar-refractivity contribution in [2.24, 2.45) is 5.73 Å². The Morgan fingerprint density at radius 3 is 2.76 bits per heavy atom. The van der Waals surface area contributed by atoms with Gasteiger partial charge in [0.1, 0.15) is 9.71 Å². The molecule has 0 radical (unpaired) electrons. The van der Waals surface area contributed by atoms with Crippen LogP contribution in [0.2, 0.25) is 0 Å². The fraction of sp³-hybridized carbons (Fsp3) is 0.100. The van der Waals surface area contributed by atoms with Crippen LogP contribution in [0, 0.1) is 0 Å². The first-order valence-corrected chi connectivity index (χ1v) is 5.56. The number of anilines is 2. The molecule has 2 heterocycles. The highest BCUT2D eigenvalue weighted by Gasteiger charge is 2.17. The molecule has 6 nitrogen and oxygen atoms in total. The molecule has 0 spiro atoms. The van der Waals surface area contributed by atoms with Gasteiger partial charge in [0, 0.05) is 13.1 Å². The van der Waals surface area contributed by atoms with E-state index in [9.17, 15) is 9.59 Å². The van der Waals surface area contributed by atoms with Crippen LogP contribution < -0.4 is 16.8 Å². The number of pyridine rings is 1. The summed E-state index contributed by atoms with van der Waals surface area (Å²) in [4.78, 5) is 27.1. The molecule has 2 rings (SSSR count). The lowest BCUT2D eigenvalue weighted by atomic mass is 10.2. The lowest BCUT2D eigenvalue weighted by Crippen LogP contribution is -2.11. The Hall–Kier alpha value is -2.15. The van der Waals surface area contributed by atoms with Gasteiger partial charge >= 0.3 is 0 Å². The number of nitrogens with one attached hydrogen (secondary N) is 1. The van der Waals surface area contributed by atoms with Crippen LogP contribution in [0.4, 0.5) is 11.4 Å². The summed E-state index contributed by atoms with van der Waals surface area (Å²) in [5.41, 5.74) is 11.8. The van der Waals surface area contributed by atoms with Crippen LogP contribution in [0.15, 0.2) is 12.3 Å². The second-order valence-corrected chi connectivity index (χ2v) is 4.43. The fourth-order valence-electron chi connectivity index (χ4n) is 1.52. The third-order valence-corrected chi connectivity index (χ3v) is 3.29. The second kappa shape index (κ2) is 4.02. The quantitative estimate of drug-likeness (QED) is 0.736. The summed E-state index contributed by atoms with van der Waals surface area (Å²) in [6.07, 6.45) is 1.54. The van der Waals surface area contributed by atoms with Crippen molar-refractivity contribution in [3.05, 3.63) is 17.1 Å². The van der Waals surface area contributed by atoms with E-state index in [4.69, 9.17) is 11.5 Å². The van der Waals surface area contributed by atoms with Gasteiger partial charge in [-0.15, -0.1) is 11.3 Å². The number of nitrogens with two attached hydrogens (primary N) is 2. The van der Waals surface area contributed by atoms with E-state index in [2.05, 4.69) is 10.3 Å². The number of amides is 2. The Kier molecular flexibility index (Phi) is 2.68. The van der Waals surface area contributed by atoms with E-state index in [1.165, 1.54) is 13.1 Å². The number of fused-ring (bicyclic) bond motifs is 1. The van der Waals surface area contributed by atoms with Crippen molar-refractivity contribution in [1.82, 2.24) is 4.98 Å². The molecule has 2 aromatic heterocycles. The van der Waals surface area contributed by atoms with Gasteiger partial charge in [0.2, 0.25) is 5.91 Å². The monoisotopic (exact) mass is 250 g/mol. The van der Waals surface area contributed by atoms with Crippen molar-refractivity contribution in [2.75, 3.05) is 11.1 Å². The molecule has 0 saturated carbocycles. The van der Waals surface area contributed by atoms with E-state index < -0.39 is 5.91 Å². The summed E-state index contributed by atoms with van der Waals surface area (Å²) in [6.45, 7) is 1.39. The maximum Gasteiger partial charge on any atom is 0.260 e. The maximum absolute atomic E-state index is 11.2. The van der Waals surface area contributed by atoms with Gasteiger partial charge in [0.15, 0.2) is 0 Å². The number of rotatable bonds is 2.